The third kappa shape index (κ3) is 3.06. The van der Waals surface area contributed by atoms with Crippen molar-refractivity contribution >= 4 is 11.4 Å². The van der Waals surface area contributed by atoms with E-state index in [0.717, 1.165) is 18.7 Å². The molecular weight excluding hydrogens is 290 g/mol. The van der Waals surface area contributed by atoms with Crippen molar-refractivity contribution in [1.82, 2.24) is 14.3 Å². The number of Topliss-reactive ketones (excluding diaryl/α,β-unsaturated/α-hetero) is 1. The highest BCUT2D eigenvalue weighted by Crippen LogP contribution is 2.22. The largest absolute Gasteiger partial charge is 0.300 e. The number of nitrogens with zero attached hydrogens (tertiary/aromatic N) is 3. The van der Waals surface area contributed by atoms with Gasteiger partial charge in [-0.2, -0.15) is 0 Å². The molecule has 3 rings (SSSR count). The lowest BCUT2D eigenvalue weighted by molar-refractivity contribution is -0.126. The van der Waals surface area contributed by atoms with Gasteiger partial charge < -0.3 is 0 Å². The Morgan fingerprint density at radius 3 is 2.65 bits per heavy atom. The second-order valence-corrected chi connectivity index (χ2v) is 7.48. The van der Waals surface area contributed by atoms with Gasteiger partial charge >= 0.3 is 0 Å². The summed E-state index contributed by atoms with van der Waals surface area (Å²) in [6.45, 7) is 10.1. The molecule has 0 radical (unpaired) electrons. The molecule has 122 valence electrons. The van der Waals surface area contributed by atoms with Gasteiger partial charge in [0.05, 0.1) is 5.56 Å². The Balaban J connectivity index is 1.85. The monoisotopic (exact) mass is 313 g/mol. The van der Waals surface area contributed by atoms with Crippen molar-refractivity contribution < 1.29 is 4.79 Å². The Morgan fingerprint density at radius 1 is 1.35 bits per heavy atom. The van der Waals surface area contributed by atoms with Crippen LogP contribution in [0.3, 0.4) is 0 Å². The molecule has 2 aromatic rings. The summed E-state index contributed by atoms with van der Waals surface area (Å²) in [7, 11) is 0. The lowest BCUT2D eigenvalue weighted by Gasteiger charge is -2.37. The van der Waals surface area contributed by atoms with Crippen molar-refractivity contribution in [2.24, 2.45) is 5.92 Å². The number of aromatic nitrogens is 2. The highest BCUT2D eigenvalue weighted by Gasteiger charge is 2.30. The summed E-state index contributed by atoms with van der Waals surface area (Å²) in [5, 5.41) is 0. The number of ketones is 1. The minimum absolute atomic E-state index is 0.0253. The molecule has 0 amide bonds. The maximum Gasteiger partial charge on any atom is 0.262 e. The average molecular weight is 313 g/mol. The van der Waals surface area contributed by atoms with Crippen molar-refractivity contribution in [2.75, 3.05) is 13.1 Å². The molecule has 0 N–H and O–H groups in total. The first-order valence-electron chi connectivity index (χ1n) is 7.99. The second kappa shape index (κ2) is 5.57. The van der Waals surface area contributed by atoms with Crippen LogP contribution in [0, 0.1) is 5.92 Å². The van der Waals surface area contributed by atoms with Gasteiger partial charge in [-0.25, -0.2) is 4.98 Å². The number of pyridine rings is 1. The molecular formula is C18H23N3O2. The van der Waals surface area contributed by atoms with Crippen LogP contribution in [0.4, 0.5) is 0 Å². The number of hydrogen-bond donors (Lipinski definition) is 0. The number of carbonyl (C=O) groups excluding carboxylic acids is 1. The van der Waals surface area contributed by atoms with Crippen LogP contribution in [-0.4, -0.2) is 33.2 Å². The maximum absolute atomic E-state index is 12.6. The normalized spacial score (nSPS) is 16.5. The minimum Gasteiger partial charge on any atom is -0.300 e. The van der Waals surface area contributed by atoms with Gasteiger partial charge in [-0.3, -0.25) is 18.9 Å². The SMILES string of the molecule is CC(=O)C1CN(Cc2cnc3cc(C(C)(C)C)ccn3c2=O)C1. The first-order chi connectivity index (χ1) is 10.8. The summed E-state index contributed by atoms with van der Waals surface area (Å²) in [5.74, 6) is 0.352. The number of fused-ring (bicyclic) bond motifs is 1. The maximum atomic E-state index is 12.6. The smallest absolute Gasteiger partial charge is 0.262 e. The summed E-state index contributed by atoms with van der Waals surface area (Å²) in [6.07, 6.45) is 3.48. The molecule has 23 heavy (non-hydrogen) atoms. The molecule has 0 aromatic carbocycles. The molecule has 0 aliphatic carbocycles. The van der Waals surface area contributed by atoms with E-state index in [1.165, 1.54) is 0 Å². The van der Waals surface area contributed by atoms with Crippen molar-refractivity contribution in [3.05, 3.63) is 46.0 Å². The predicted octanol–water partition coefficient (Wildman–Crippen LogP) is 2.01. The molecule has 3 heterocycles. The third-order valence-corrected chi connectivity index (χ3v) is 4.57. The minimum atomic E-state index is -0.0262. The fraction of sp³-hybridized carbons (Fsp3) is 0.500. The molecule has 0 atom stereocenters. The zero-order chi connectivity index (χ0) is 16.8. The van der Waals surface area contributed by atoms with Crippen molar-refractivity contribution in [3.63, 3.8) is 0 Å². The molecule has 1 saturated heterocycles. The molecule has 0 bridgehead atoms. The van der Waals surface area contributed by atoms with E-state index in [-0.39, 0.29) is 22.7 Å². The highest BCUT2D eigenvalue weighted by molar-refractivity contribution is 5.79. The van der Waals surface area contributed by atoms with Crippen LogP contribution in [0.15, 0.2) is 29.3 Å². The van der Waals surface area contributed by atoms with Gasteiger partial charge in [0, 0.05) is 37.9 Å². The topological polar surface area (TPSA) is 54.7 Å². The zero-order valence-electron chi connectivity index (χ0n) is 14.2. The van der Waals surface area contributed by atoms with Gasteiger partial charge in [-0.05, 0) is 30.0 Å². The first-order valence-corrected chi connectivity index (χ1v) is 7.99. The van der Waals surface area contributed by atoms with Crippen molar-refractivity contribution in [2.45, 2.75) is 39.7 Å². The van der Waals surface area contributed by atoms with Gasteiger partial charge in [0.15, 0.2) is 0 Å². The van der Waals surface area contributed by atoms with Crippen LogP contribution >= 0.6 is 0 Å². The Hall–Kier alpha value is -2.01. The van der Waals surface area contributed by atoms with Crippen molar-refractivity contribution in [3.8, 4) is 0 Å². The van der Waals surface area contributed by atoms with E-state index in [4.69, 9.17) is 0 Å². The highest BCUT2D eigenvalue weighted by atomic mass is 16.1. The number of rotatable bonds is 3. The predicted molar refractivity (Wildman–Crippen MR) is 89.6 cm³/mol. The molecule has 1 aliphatic heterocycles. The molecule has 5 nitrogen and oxygen atoms in total. The van der Waals surface area contributed by atoms with E-state index < -0.39 is 0 Å². The summed E-state index contributed by atoms with van der Waals surface area (Å²) < 4.78 is 1.60. The fourth-order valence-corrected chi connectivity index (χ4v) is 2.89. The number of carbonyl (C=O) groups is 1. The molecule has 0 unspecified atom stereocenters. The van der Waals surface area contributed by atoms with E-state index >= 15 is 0 Å². The zero-order valence-corrected chi connectivity index (χ0v) is 14.2. The quantitative estimate of drug-likeness (QED) is 0.870. The molecule has 2 aromatic heterocycles. The van der Waals surface area contributed by atoms with E-state index in [1.807, 2.05) is 18.3 Å². The number of likely N-dealkylation sites (tertiary alicyclic amines) is 1. The van der Waals surface area contributed by atoms with Crippen LogP contribution in [0.25, 0.3) is 5.65 Å². The average Bonchev–Trinajstić information content (AvgIpc) is 2.42. The van der Waals surface area contributed by atoms with Gasteiger partial charge in [0.2, 0.25) is 0 Å². The molecule has 1 aliphatic rings. The van der Waals surface area contributed by atoms with Crippen LogP contribution in [0.5, 0.6) is 0 Å². The van der Waals surface area contributed by atoms with Gasteiger partial charge in [-0.1, -0.05) is 20.8 Å². The Bertz CT molecular complexity index is 811. The van der Waals surface area contributed by atoms with Gasteiger partial charge in [0.25, 0.3) is 5.56 Å². The van der Waals surface area contributed by atoms with Crippen LogP contribution in [0.2, 0.25) is 0 Å². The molecule has 1 fully saturated rings. The Kier molecular flexibility index (Phi) is 3.84. The summed E-state index contributed by atoms with van der Waals surface area (Å²) in [5.41, 5.74) is 2.51. The summed E-state index contributed by atoms with van der Waals surface area (Å²) in [4.78, 5) is 30.4. The van der Waals surface area contributed by atoms with Crippen molar-refractivity contribution in [1.29, 1.82) is 0 Å². The number of hydrogen-bond acceptors (Lipinski definition) is 4. The van der Waals surface area contributed by atoms with E-state index in [2.05, 4.69) is 30.7 Å². The lowest BCUT2D eigenvalue weighted by Crippen LogP contribution is -2.49. The van der Waals surface area contributed by atoms with Gasteiger partial charge in [0.1, 0.15) is 11.4 Å². The second-order valence-electron chi connectivity index (χ2n) is 7.48. The van der Waals surface area contributed by atoms with E-state index in [9.17, 15) is 9.59 Å². The third-order valence-electron chi connectivity index (χ3n) is 4.57. The molecule has 0 spiro atoms. The summed E-state index contributed by atoms with van der Waals surface area (Å²) in [6, 6.07) is 3.95. The lowest BCUT2D eigenvalue weighted by atomic mass is 9.88. The standard InChI is InChI=1S/C18H23N3O2/c1-12(22)14-10-20(11-14)9-13-8-19-16-7-15(18(2,3)4)5-6-21(16)17(13)23/h5-8,14H,9-11H2,1-4H3. The molecule has 5 heteroatoms. The Morgan fingerprint density at radius 2 is 2.04 bits per heavy atom. The van der Waals surface area contributed by atoms with E-state index in [0.29, 0.717) is 17.8 Å². The van der Waals surface area contributed by atoms with Crippen LogP contribution in [-0.2, 0) is 16.8 Å². The fourth-order valence-electron chi connectivity index (χ4n) is 2.89. The van der Waals surface area contributed by atoms with E-state index in [1.54, 1.807) is 17.5 Å². The summed E-state index contributed by atoms with van der Waals surface area (Å²) >= 11 is 0. The van der Waals surface area contributed by atoms with Crippen LogP contribution in [0.1, 0.15) is 38.8 Å². The van der Waals surface area contributed by atoms with Crippen LogP contribution < -0.4 is 5.56 Å². The molecule has 0 saturated carbocycles. The van der Waals surface area contributed by atoms with Gasteiger partial charge in [-0.15, -0.1) is 0 Å². The Labute approximate surface area is 136 Å². The first kappa shape index (κ1) is 15.9.